The summed E-state index contributed by atoms with van der Waals surface area (Å²) in [6, 6.07) is 6.45. The molecular weight excluding hydrogens is 368 g/mol. The Hall–Kier alpha value is -2.12. The van der Waals surface area contributed by atoms with Gasteiger partial charge in [0.2, 0.25) is 5.91 Å². The van der Waals surface area contributed by atoms with Crippen molar-refractivity contribution in [3.63, 3.8) is 0 Å². The molecule has 148 valence electrons. The highest BCUT2D eigenvalue weighted by atomic mass is 35.5. The molecule has 1 aliphatic heterocycles. The molecule has 0 spiro atoms. The van der Waals surface area contributed by atoms with Crippen LogP contribution in [0.15, 0.2) is 24.3 Å². The lowest BCUT2D eigenvalue weighted by Crippen LogP contribution is -2.45. The average molecular weight is 395 g/mol. The first kappa shape index (κ1) is 21.2. The van der Waals surface area contributed by atoms with E-state index in [1.54, 1.807) is 29.2 Å². The van der Waals surface area contributed by atoms with Crippen molar-refractivity contribution in [1.82, 2.24) is 20.4 Å². The Morgan fingerprint density at radius 3 is 2.70 bits per heavy atom. The summed E-state index contributed by atoms with van der Waals surface area (Å²) in [5.41, 5.74) is 0.567. The van der Waals surface area contributed by atoms with Gasteiger partial charge in [-0.1, -0.05) is 31.0 Å². The van der Waals surface area contributed by atoms with Crippen molar-refractivity contribution < 1.29 is 14.4 Å². The fraction of sp³-hybridized carbons (Fsp3) is 0.526. The molecule has 8 heteroatoms. The molecule has 2 rings (SSSR count). The Bertz CT molecular complexity index is 668. The van der Waals surface area contributed by atoms with E-state index in [1.165, 1.54) is 0 Å². The SMILES string of the molecule is CCCCNC(=O)NC(=O)CN1CCCN(C(=O)c2cccc(Cl)c2)CC1. The summed E-state index contributed by atoms with van der Waals surface area (Å²) in [4.78, 5) is 40.0. The van der Waals surface area contributed by atoms with Crippen molar-refractivity contribution in [2.75, 3.05) is 39.3 Å². The second kappa shape index (κ2) is 10.9. The lowest BCUT2D eigenvalue weighted by atomic mass is 10.2. The first-order valence-corrected chi connectivity index (χ1v) is 9.72. The molecule has 0 radical (unpaired) electrons. The highest BCUT2D eigenvalue weighted by Gasteiger charge is 2.22. The minimum atomic E-state index is -0.457. The van der Waals surface area contributed by atoms with Gasteiger partial charge in [-0.15, -0.1) is 0 Å². The second-order valence-electron chi connectivity index (χ2n) is 6.59. The van der Waals surface area contributed by atoms with Crippen LogP contribution in [0.25, 0.3) is 0 Å². The lowest BCUT2D eigenvalue weighted by molar-refractivity contribution is -0.121. The van der Waals surface area contributed by atoms with Gasteiger partial charge in [-0.25, -0.2) is 4.79 Å². The van der Waals surface area contributed by atoms with E-state index >= 15 is 0 Å². The predicted molar refractivity (Wildman–Crippen MR) is 105 cm³/mol. The smallest absolute Gasteiger partial charge is 0.321 e. The number of imide groups is 1. The Balaban J connectivity index is 1.79. The predicted octanol–water partition coefficient (Wildman–Crippen LogP) is 2.11. The van der Waals surface area contributed by atoms with Gasteiger partial charge in [0, 0.05) is 43.3 Å². The van der Waals surface area contributed by atoms with Crippen LogP contribution in [-0.4, -0.2) is 66.9 Å². The van der Waals surface area contributed by atoms with Gasteiger partial charge in [0.25, 0.3) is 5.91 Å². The number of carbonyl (C=O) groups excluding carboxylic acids is 3. The number of carbonyl (C=O) groups is 3. The maximum absolute atomic E-state index is 12.6. The zero-order valence-electron chi connectivity index (χ0n) is 15.7. The van der Waals surface area contributed by atoms with Gasteiger partial charge in [-0.05, 0) is 31.0 Å². The van der Waals surface area contributed by atoms with Crippen LogP contribution in [0.3, 0.4) is 0 Å². The summed E-state index contributed by atoms with van der Waals surface area (Å²) in [5.74, 6) is -0.391. The van der Waals surface area contributed by atoms with Crippen LogP contribution in [0.4, 0.5) is 4.79 Å². The van der Waals surface area contributed by atoms with E-state index in [-0.39, 0.29) is 18.4 Å². The molecule has 1 aliphatic rings. The molecule has 1 heterocycles. The molecular formula is C19H27ClN4O3. The summed E-state index contributed by atoms with van der Waals surface area (Å²) in [6.07, 6.45) is 2.62. The third kappa shape index (κ3) is 7.19. The first-order chi connectivity index (χ1) is 13.0. The number of hydrogen-bond donors (Lipinski definition) is 2. The zero-order valence-corrected chi connectivity index (χ0v) is 16.4. The largest absolute Gasteiger partial charge is 0.338 e. The number of nitrogens with one attached hydrogen (secondary N) is 2. The minimum absolute atomic E-state index is 0.0564. The summed E-state index contributed by atoms with van der Waals surface area (Å²) in [7, 11) is 0. The maximum atomic E-state index is 12.6. The average Bonchev–Trinajstić information content (AvgIpc) is 2.86. The number of urea groups is 1. The topological polar surface area (TPSA) is 81.8 Å². The van der Waals surface area contributed by atoms with Crippen LogP contribution in [0, 0.1) is 0 Å². The van der Waals surface area contributed by atoms with Gasteiger partial charge in [0.1, 0.15) is 0 Å². The van der Waals surface area contributed by atoms with E-state index < -0.39 is 6.03 Å². The summed E-state index contributed by atoms with van der Waals surface area (Å²) < 4.78 is 0. The van der Waals surface area contributed by atoms with Crippen LogP contribution in [0.5, 0.6) is 0 Å². The lowest BCUT2D eigenvalue weighted by Gasteiger charge is -2.21. The second-order valence-corrected chi connectivity index (χ2v) is 7.03. The van der Waals surface area contributed by atoms with E-state index in [4.69, 9.17) is 11.6 Å². The molecule has 0 bridgehead atoms. The van der Waals surface area contributed by atoms with Gasteiger partial charge in [-0.2, -0.15) is 0 Å². The number of benzene rings is 1. The van der Waals surface area contributed by atoms with Gasteiger partial charge in [0.15, 0.2) is 0 Å². The molecule has 2 N–H and O–H groups in total. The van der Waals surface area contributed by atoms with Crippen LogP contribution >= 0.6 is 11.6 Å². The number of amides is 4. The normalized spacial score (nSPS) is 15.1. The number of halogens is 1. The highest BCUT2D eigenvalue weighted by molar-refractivity contribution is 6.30. The van der Waals surface area contributed by atoms with Crippen LogP contribution < -0.4 is 10.6 Å². The van der Waals surface area contributed by atoms with E-state index in [9.17, 15) is 14.4 Å². The van der Waals surface area contributed by atoms with Gasteiger partial charge < -0.3 is 10.2 Å². The standard InChI is InChI=1S/C19H27ClN4O3/c1-2-3-8-21-19(27)22-17(25)14-23-9-5-10-24(12-11-23)18(26)15-6-4-7-16(20)13-15/h4,6-7,13H,2-3,5,8-12,14H2,1H3,(H2,21,22,25,27). The Labute approximate surface area is 165 Å². The van der Waals surface area contributed by atoms with Crippen molar-refractivity contribution >= 4 is 29.4 Å². The number of unbranched alkanes of at least 4 members (excludes halogenated alkanes) is 1. The van der Waals surface area contributed by atoms with E-state index in [0.29, 0.717) is 43.3 Å². The minimum Gasteiger partial charge on any atom is -0.338 e. The molecule has 0 saturated carbocycles. The first-order valence-electron chi connectivity index (χ1n) is 9.34. The summed E-state index contributed by atoms with van der Waals surface area (Å²) >= 11 is 5.97. The number of hydrogen-bond acceptors (Lipinski definition) is 4. The quantitative estimate of drug-likeness (QED) is 0.724. The van der Waals surface area contributed by atoms with Crippen molar-refractivity contribution in [3.8, 4) is 0 Å². The van der Waals surface area contributed by atoms with Crippen LogP contribution in [0.2, 0.25) is 5.02 Å². The molecule has 7 nitrogen and oxygen atoms in total. The van der Waals surface area contributed by atoms with Crippen LogP contribution in [0.1, 0.15) is 36.5 Å². The molecule has 0 aromatic heterocycles. The fourth-order valence-electron chi connectivity index (χ4n) is 2.93. The van der Waals surface area contributed by atoms with Crippen molar-refractivity contribution in [2.24, 2.45) is 0 Å². The number of rotatable bonds is 6. The van der Waals surface area contributed by atoms with Crippen molar-refractivity contribution in [2.45, 2.75) is 26.2 Å². The Kier molecular flexibility index (Phi) is 8.54. The molecule has 0 unspecified atom stereocenters. The molecule has 1 fully saturated rings. The Morgan fingerprint density at radius 1 is 1.15 bits per heavy atom. The van der Waals surface area contributed by atoms with E-state index in [1.807, 2.05) is 11.8 Å². The highest BCUT2D eigenvalue weighted by Crippen LogP contribution is 2.14. The molecule has 0 atom stereocenters. The van der Waals surface area contributed by atoms with Crippen molar-refractivity contribution in [1.29, 1.82) is 0 Å². The fourth-order valence-corrected chi connectivity index (χ4v) is 3.12. The van der Waals surface area contributed by atoms with Gasteiger partial charge >= 0.3 is 6.03 Å². The van der Waals surface area contributed by atoms with E-state index in [0.717, 1.165) is 19.3 Å². The van der Waals surface area contributed by atoms with Gasteiger partial charge in [0.05, 0.1) is 6.54 Å². The number of nitrogens with zero attached hydrogens (tertiary/aromatic N) is 2. The zero-order chi connectivity index (χ0) is 19.6. The summed E-state index contributed by atoms with van der Waals surface area (Å²) in [5, 5.41) is 5.54. The van der Waals surface area contributed by atoms with Crippen molar-refractivity contribution in [3.05, 3.63) is 34.9 Å². The third-order valence-corrected chi connectivity index (χ3v) is 4.62. The summed E-state index contributed by atoms with van der Waals surface area (Å²) in [6.45, 7) is 5.16. The molecule has 4 amide bonds. The molecule has 1 saturated heterocycles. The monoisotopic (exact) mass is 394 g/mol. The maximum Gasteiger partial charge on any atom is 0.321 e. The Morgan fingerprint density at radius 2 is 1.96 bits per heavy atom. The molecule has 0 aliphatic carbocycles. The molecule has 1 aromatic rings. The van der Waals surface area contributed by atoms with E-state index in [2.05, 4.69) is 10.6 Å². The third-order valence-electron chi connectivity index (χ3n) is 4.38. The van der Waals surface area contributed by atoms with Crippen LogP contribution in [-0.2, 0) is 4.79 Å². The van der Waals surface area contributed by atoms with Gasteiger partial charge in [-0.3, -0.25) is 19.8 Å². The molecule has 27 heavy (non-hydrogen) atoms. The molecule has 1 aromatic carbocycles.